The van der Waals surface area contributed by atoms with Gasteiger partial charge in [-0.3, -0.25) is 4.57 Å². The number of hydrogen-bond donors (Lipinski definition) is 1. The predicted molar refractivity (Wildman–Crippen MR) is 177 cm³/mol. The van der Waals surface area contributed by atoms with Gasteiger partial charge in [-0.25, -0.2) is 14.6 Å². The molecule has 1 saturated carbocycles. The Labute approximate surface area is 266 Å². The quantitative estimate of drug-likeness (QED) is 0.201. The molecule has 9 nitrogen and oxygen atoms in total. The van der Waals surface area contributed by atoms with Gasteiger partial charge in [-0.15, -0.1) is 0 Å². The lowest BCUT2D eigenvalue weighted by molar-refractivity contribution is 0.158. The standard InChI is InChI=1S/C36H46N6O3/c1-45-22-8-18-40(36(44)41-21-17-30(25-41)34-14-7-10-29-9-5-6-13-33(29)34)26-32-23-37-27-42(32)24-28-15-19-39(20-16-28)35(43)38-31-11-3-2-4-12-31/h5-7,9-10,13-14,17,21,23,25,27-28,31H,2-4,8,11-12,15-16,18-20,22,24,26H2,1H3,(H,38,43). The number of ether oxygens (including phenoxy) is 1. The van der Waals surface area contributed by atoms with Crippen LogP contribution < -0.4 is 5.32 Å². The molecule has 2 aromatic carbocycles. The first-order valence-corrected chi connectivity index (χ1v) is 16.6. The number of carbonyl (C=O) groups excluding carboxylic acids is 2. The zero-order valence-electron chi connectivity index (χ0n) is 26.4. The Morgan fingerprint density at radius 1 is 1.00 bits per heavy atom. The zero-order valence-corrected chi connectivity index (χ0v) is 26.4. The van der Waals surface area contributed by atoms with Crippen LogP contribution in [0.15, 0.2) is 73.4 Å². The van der Waals surface area contributed by atoms with Crippen molar-refractivity contribution in [1.82, 2.24) is 29.2 Å². The summed E-state index contributed by atoms with van der Waals surface area (Å²) < 4.78 is 9.20. The Kier molecular flexibility index (Phi) is 10.1. The highest BCUT2D eigenvalue weighted by Gasteiger charge is 2.26. The van der Waals surface area contributed by atoms with Crippen LogP contribution in [0.5, 0.6) is 0 Å². The van der Waals surface area contributed by atoms with Crippen LogP contribution in [0.1, 0.15) is 57.1 Å². The molecule has 0 unspecified atom stereocenters. The summed E-state index contributed by atoms with van der Waals surface area (Å²) in [6.07, 6.45) is 16.1. The molecule has 1 aliphatic heterocycles. The van der Waals surface area contributed by atoms with Crippen LogP contribution in [0, 0.1) is 5.92 Å². The number of imidazole rings is 1. The number of fused-ring (bicyclic) bond motifs is 1. The van der Waals surface area contributed by atoms with Gasteiger partial charge in [0.2, 0.25) is 0 Å². The second kappa shape index (κ2) is 14.8. The molecule has 6 rings (SSSR count). The van der Waals surface area contributed by atoms with Crippen molar-refractivity contribution in [3.8, 4) is 11.1 Å². The maximum Gasteiger partial charge on any atom is 0.328 e. The first kappa shape index (κ1) is 30.9. The lowest BCUT2D eigenvalue weighted by Gasteiger charge is -2.34. The number of nitrogens with one attached hydrogen (secondary N) is 1. The lowest BCUT2D eigenvalue weighted by atomic mass is 9.95. The van der Waals surface area contributed by atoms with Crippen LogP contribution in [-0.4, -0.2) is 75.4 Å². The van der Waals surface area contributed by atoms with Crippen molar-refractivity contribution >= 4 is 22.8 Å². The van der Waals surface area contributed by atoms with E-state index in [0.29, 0.717) is 31.7 Å². The molecule has 0 spiro atoms. The molecule has 2 aliphatic rings. The molecule has 3 heterocycles. The van der Waals surface area contributed by atoms with Gasteiger partial charge in [0.05, 0.1) is 18.6 Å². The molecule has 2 fully saturated rings. The number of hydrogen-bond acceptors (Lipinski definition) is 4. The molecule has 3 amide bonds. The highest BCUT2D eigenvalue weighted by Crippen LogP contribution is 2.29. The fourth-order valence-electron chi connectivity index (χ4n) is 6.91. The van der Waals surface area contributed by atoms with Gasteiger partial charge >= 0.3 is 12.1 Å². The minimum Gasteiger partial charge on any atom is -0.385 e. The maximum atomic E-state index is 13.9. The van der Waals surface area contributed by atoms with Crippen molar-refractivity contribution in [1.29, 1.82) is 0 Å². The van der Waals surface area contributed by atoms with Crippen molar-refractivity contribution in [2.75, 3.05) is 33.4 Å². The Bertz CT molecular complexity index is 1560. The zero-order chi connectivity index (χ0) is 31.0. The van der Waals surface area contributed by atoms with Crippen molar-refractivity contribution < 1.29 is 14.3 Å². The SMILES string of the molecule is COCCCN(Cc1cncn1CC1CCN(C(=O)NC2CCCCC2)CC1)C(=O)n1ccc(-c2cccc3ccccc23)c1. The van der Waals surface area contributed by atoms with Crippen LogP contribution >= 0.6 is 0 Å². The Morgan fingerprint density at radius 2 is 1.80 bits per heavy atom. The fourth-order valence-corrected chi connectivity index (χ4v) is 6.91. The Balaban J connectivity index is 1.09. The van der Waals surface area contributed by atoms with E-state index in [1.165, 1.54) is 30.0 Å². The summed E-state index contributed by atoms with van der Waals surface area (Å²) in [6.45, 7) is 4.02. The smallest absolute Gasteiger partial charge is 0.328 e. The molecule has 9 heteroatoms. The van der Waals surface area contributed by atoms with Gasteiger partial charge in [0.1, 0.15) is 0 Å². The van der Waals surface area contributed by atoms with Gasteiger partial charge in [-0.1, -0.05) is 61.7 Å². The van der Waals surface area contributed by atoms with E-state index in [1.54, 1.807) is 11.7 Å². The highest BCUT2D eigenvalue weighted by atomic mass is 16.5. The molecule has 1 saturated heterocycles. The van der Waals surface area contributed by atoms with E-state index in [0.717, 1.165) is 68.6 Å². The minimum atomic E-state index is -0.0670. The molecule has 0 bridgehead atoms. The summed E-state index contributed by atoms with van der Waals surface area (Å²) >= 11 is 0. The summed E-state index contributed by atoms with van der Waals surface area (Å²) in [5.74, 6) is 0.460. The van der Waals surface area contributed by atoms with Crippen LogP contribution in [0.2, 0.25) is 0 Å². The Hall–Kier alpha value is -4.11. The average molecular weight is 611 g/mol. The minimum absolute atomic E-state index is 0.0670. The van der Waals surface area contributed by atoms with Gasteiger partial charge in [-0.2, -0.15) is 0 Å². The molecule has 238 valence electrons. The third-order valence-corrected chi connectivity index (χ3v) is 9.50. The molecular formula is C36H46N6O3. The molecule has 0 radical (unpaired) electrons. The summed E-state index contributed by atoms with van der Waals surface area (Å²) in [6, 6.07) is 17.0. The van der Waals surface area contributed by atoms with E-state index >= 15 is 0 Å². The van der Waals surface area contributed by atoms with Crippen LogP contribution in [-0.2, 0) is 17.8 Å². The predicted octanol–water partition coefficient (Wildman–Crippen LogP) is 6.77. The Morgan fingerprint density at radius 3 is 2.62 bits per heavy atom. The molecule has 45 heavy (non-hydrogen) atoms. The number of benzene rings is 2. The molecule has 2 aromatic heterocycles. The monoisotopic (exact) mass is 610 g/mol. The maximum absolute atomic E-state index is 13.9. The lowest BCUT2D eigenvalue weighted by Crippen LogP contribution is -2.48. The topological polar surface area (TPSA) is 84.6 Å². The number of rotatable bonds is 10. The van der Waals surface area contributed by atoms with E-state index < -0.39 is 0 Å². The molecule has 1 N–H and O–H groups in total. The molecule has 4 aromatic rings. The number of nitrogens with zero attached hydrogens (tertiary/aromatic N) is 5. The van der Waals surface area contributed by atoms with Crippen LogP contribution in [0.25, 0.3) is 21.9 Å². The number of urea groups is 1. The van der Waals surface area contributed by atoms with E-state index in [1.807, 2.05) is 52.9 Å². The van der Waals surface area contributed by atoms with E-state index in [2.05, 4.69) is 45.2 Å². The highest BCUT2D eigenvalue weighted by molar-refractivity contribution is 5.97. The third kappa shape index (κ3) is 7.59. The first-order valence-electron chi connectivity index (χ1n) is 16.6. The average Bonchev–Trinajstić information content (AvgIpc) is 3.74. The van der Waals surface area contributed by atoms with Crippen LogP contribution in [0.3, 0.4) is 0 Å². The van der Waals surface area contributed by atoms with E-state index in [-0.39, 0.29) is 12.1 Å². The largest absolute Gasteiger partial charge is 0.385 e. The van der Waals surface area contributed by atoms with Gasteiger partial charge in [0, 0.05) is 70.1 Å². The molecule has 0 atom stereocenters. The number of amides is 3. The number of aromatic nitrogens is 3. The number of methoxy groups -OCH3 is 1. The number of carbonyl (C=O) groups is 2. The van der Waals surface area contributed by atoms with Gasteiger partial charge in [0.15, 0.2) is 0 Å². The van der Waals surface area contributed by atoms with E-state index in [4.69, 9.17) is 4.74 Å². The van der Waals surface area contributed by atoms with Crippen LogP contribution in [0.4, 0.5) is 9.59 Å². The van der Waals surface area contributed by atoms with Crippen molar-refractivity contribution in [2.45, 2.75) is 70.5 Å². The van der Waals surface area contributed by atoms with Crippen molar-refractivity contribution in [3.63, 3.8) is 0 Å². The van der Waals surface area contributed by atoms with Gasteiger partial charge in [0.25, 0.3) is 0 Å². The second-order valence-corrected chi connectivity index (χ2v) is 12.6. The van der Waals surface area contributed by atoms with Gasteiger partial charge < -0.3 is 24.4 Å². The molecule has 1 aliphatic carbocycles. The summed E-state index contributed by atoms with van der Waals surface area (Å²) in [7, 11) is 1.69. The van der Waals surface area contributed by atoms with Gasteiger partial charge in [-0.05, 0) is 60.4 Å². The van der Waals surface area contributed by atoms with Crippen molar-refractivity contribution in [3.05, 3.63) is 79.1 Å². The summed E-state index contributed by atoms with van der Waals surface area (Å²) in [5, 5.41) is 5.61. The summed E-state index contributed by atoms with van der Waals surface area (Å²) in [5.41, 5.74) is 3.14. The first-order chi connectivity index (χ1) is 22.1. The summed E-state index contributed by atoms with van der Waals surface area (Å²) in [4.78, 5) is 35.1. The number of piperidine rings is 1. The normalized spacial score (nSPS) is 16.2. The fraction of sp³-hybridized carbons (Fsp3) is 0.472. The second-order valence-electron chi connectivity index (χ2n) is 12.6. The third-order valence-electron chi connectivity index (χ3n) is 9.50. The van der Waals surface area contributed by atoms with Crippen molar-refractivity contribution in [2.24, 2.45) is 5.92 Å². The van der Waals surface area contributed by atoms with E-state index in [9.17, 15) is 9.59 Å². The number of likely N-dealkylation sites (tertiary alicyclic amines) is 1. The molecular weight excluding hydrogens is 564 g/mol.